The molecule has 30 heavy (non-hydrogen) atoms. The highest BCUT2D eigenvalue weighted by Crippen LogP contribution is 2.39. The summed E-state index contributed by atoms with van der Waals surface area (Å²) in [6, 6.07) is 0.480. The van der Waals surface area contributed by atoms with Crippen molar-refractivity contribution in [3.63, 3.8) is 0 Å². The number of rotatable bonds is 10. The van der Waals surface area contributed by atoms with E-state index in [9.17, 15) is 0 Å². The SMILES string of the molecule is CCCCCCC(C)(CC)c1nc(C(C)(C)CCC)nc2c1CN1CCOCC1C2. The summed E-state index contributed by atoms with van der Waals surface area (Å²) in [5.41, 5.74) is 4.26. The van der Waals surface area contributed by atoms with Crippen LogP contribution in [0.5, 0.6) is 0 Å². The molecule has 2 aliphatic heterocycles. The van der Waals surface area contributed by atoms with Crippen molar-refractivity contribution >= 4 is 0 Å². The number of nitrogens with zero attached hydrogens (tertiary/aromatic N) is 3. The lowest BCUT2D eigenvalue weighted by Crippen LogP contribution is -2.50. The molecule has 1 fully saturated rings. The van der Waals surface area contributed by atoms with Crippen LogP contribution < -0.4 is 0 Å². The molecule has 1 saturated heterocycles. The monoisotopic (exact) mass is 415 g/mol. The molecule has 4 heteroatoms. The largest absolute Gasteiger partial charge is 0.378 e. The van der Waals surface area contributed by atoms with E-state index < -0.39 is 0 Å². The average Bonchev–Trinajstić information content (AvgIpc) is 2.74. The summed E-state index contributed by atoms with van der Waals surface area (Å²) >= 11 is 0. The summed E-state index contributed by atoms with van der Waals surface area (Å²) in [6.07, 6.45) is 10.9. The minimum atomic E-state index is 0.0234. The lowest BCUT2D eigenvalue weighted by molar-refractivity contribution is -0.0175. The first kappa shape index (κ1) is 23.7. The highest BCUT2D eigenvalue weighted by atomic mass is 16.5. The number of hydrogen-bond acceptors (Lipinski definition) is 4. The van der Waals surface area contributed by atoms with Crippen molar-refractivity contribution in [2.75, 3.05) is 19.8 Å². The van der Waals surface area contributed by atoms with Gasteiger partial charge in [0.05, 0.1) is 24.6 Å². The Kier molecular flexibility index (Phi) is 7.95. The summed E-state index contributed by atoms with van der Waals surface area (Å²) in [7, 11) is 0. The molecule has 0 aliphatic carbocycles. The molecule has 0 saturated carbocycles. The Morgan fingerprint density at radius 1 is 1.00 bits per heavy atom. The van der Waals surface area contributed by atoms with Crippen molar-refractivity contribution in [2.24, 2.45) is 0 Å². The molecule has 1 aromatic heterocycles. The fourth-order valence-electron chi connectivity index (χ4n) is 5.32. The van der Waals surface area contributed by atoms with Gasteiger partial charge >= 0.3 is 0 Å². The predicted molar refractivity (Wildman–Crippen MR) is 125 cm³/mol. The van der Waals surface area contributed by atoms with Crippen LogP contribution in [0.15, 0.2) is 0 Å². The van der Waals surface area contributed by atoms with Crippen molar-refractivity contribution in [2.45, 2.75) is 123 Å². The van der Waals surface area contributed by atoms with Crippen LogP contribution in [0.4, 0.5) is 0 Å². The van der Waals surface area contributed by atoms with E-state index >= 15 is 0 Å². The van der Waals surface area contributed by atoms with E-state index in [4.69, 9.17) is 14.7 Å². The van der Waals surface area contributed by atoms with Gasteiger partial charge < -0.3 is 4.74 Å². The predicted octanol–water partition coefficient (Wildman–Crippen LogP) is 5.95. The van der Waals surface area contributed by atoms with Crippen molar-refractivity contribution in [1.29, 1.82) is 0 Å². The summed E-state index contributed by atoms with van der Waals surface area (Å²) < 4.78 is 5.80. The fourth-order valence-corrected chi connectivity index (χ4v) is 5.32. The molecule has 3 heterocycles. The molecular formula is C26H45N3O. The number of hydrogen-bond donors (Lipinski definition) is 0. The number of ether oxygens (including phenoxy) is 1. The van der Waals surface area contributed by atoms with E-state index in [1.165, 1.54) is 49.1 Å². The van der Waals surface area contributed by atoms with Crippen molar-refractivity contribution in [3.05, 3.63) is 22.8 Å². The quantitative estimate of drug-likeness (QED) is 0.443. The zero-order valence-corrected chi connectivity index (χ0v) is 20.5. The highest BCUT2D eigenvalue weighted by molar-refractivity contribution is 5.35. The Labute approximate surface area is 185 Å². The second-order valence-electron chi connectivity index (χ2n) is 10.6. The maximum absolute atomic E-state index is 5.80. The first-order valence-electron chi connectivity index (χ1n) is 12.6. The van der Waals surface area contributed by atoms with Gasteiger partial charge in [0.2, 0.25) is 0 Å². The molecule has 0 bridgehead atoms. The number of fused-ring (bicyclic) bond motifs is 2. The summed E-state index contributed by atoms with van der Waals surface area (Å²) in [5, 5.41) is 0. The van der Waals surface area contributed by atoms with Gasteiger partial charge in [-0.3, -0.25) is 4.90 Å². The molecule has 3 rings (SSSR count). The van der Waals surface area contributed by atoms with Crippen LogP contribution in [0.2, 0.25) is 0 Å². The van der Waals surface area contributed by atoms with Gasteiger partial charge in [0, 0.05) is 41.9 Å². The van der Waals surface area contributed by atoms with Gasteiger partial charge in [-0.05, 0) is 19.3 Å². The third-order valence-electron chi connectivity index (χ3n) is 7.65. The lowest BCUT2D eigenvalue weighted by Gasteiger charge is -2.42. The Morgan fingerprint density at radius 3 is 2.50 bits per heavy atom. The minimum absolute atomic E-state index is 0.0234. The van der Waals surface area contributed by atoms with Crippen LogP contribution in [-0.2, 0) is 28.5 Å². The molecule has 2 unspecified atom stereocenters. The van der Waals surface area contributed by atoms with E-state index in [1.54, 1.807) is 0 Å². The summed E-state index contributed by atoms with van der Waals surface area (Å²) in [5.74, 6) is 1.07. The third-order valence-corrected chi connectivity index (χ3v) is 7.65. The number of morpholine rings is 1. The van der Waals surface area contributed by atoms with Gasteiger partial charge in [0.25, 0.3) is 0 Å². The molecule has 0 amide bonds. The zero-order chi connectivity index (χ0) is 21.8. The Bertz CT molecular complexity index is 702. The minimum Gasteiger partial charge on any atom is -0.378 e. The first-order chi connectivity index (χ1) is 14.3. The van der Waals surface area contributed by atoms with Crippen molar-refractivity contribution in [1.82, 2.24) is 14.9 Å². The average molecular weight is 416 g/mol. The highest BCUT2D eigenvalue weighted by Gasteiger charge is 2.38. The van der Waals surface area contributed by atoms with E-state index in [1.807, 2.05) is 0 Å². The maximum Gasteiger partial charge on any atom is 0.134 e. The molecule has 4 nitrogen and oxygen atoms in total. The van der Waals surface area contributed by atoms with Gasteiger partial charge in [-0.2, -0.15) is 0 Å². The fraction of sp³-hybridized carbons (Fsp3) is 0.846. The standard InChI is InChI=1S/C26H45N3O/c1-7-10-11-12-14-26(6,9-3)23-21-18-29-15-16-30-19-20(29)17-22(21)27-24(28-23)25(4,5)13-8-2/h20H,7-19H2,1-6H3. The third kappa shape index (κ3) is 5.07. The molecule has 2 aliphatic rings. The number of aromatic nitrogens is 2. The van der Waals surface area contributed by atoms with Crippen LogP contribution >= 0.6 is 0 Å². The van der Waals surface area contributed by atoms with E-state index in [0.29, 0.717) is 6.04 Å². The normalized spacial score (nSPS) is 21.7. The van der Waals surface area contributed by atoms with Gasteiger partial charge in [0.15, 0.2) is 0 Å². The Hall–Kier alpha value is -1.00. The van der Waals surface area contributed by atoms with Gasteiger partial charge in [0.1, 0.15) is 5.82 Å². The molecule has 170 valence electrons. The van der Waals surface area contributed by atoms with Crippen LogP contribution in [0, 0.1) is 0 Å². The molecular weight excluding hydrogens is 370 g/mol. The molecule has 0 N–H and O–H groups in total. The van der Waals surface area contributed by atoms with Crippen molar-refractivity contribution < 1.29 is 4.74 Å². The number of unbranched alkanes of at least 4 members (excludes halogenated alkanes) is 3. The Balaban J connectivity index is 2.02. The summed E-state index contributed by atoms with van der Waals surface area (Å²) in [4.78, 5) is 13.2. The van der Waals surface area contributed by atoms with Gasteiger partial charge in [-0.25, -0.2) is 9.97 Å². The second kappa shape index (κ2) is 10.1. The first-order valence-corrected chi connectivity index (χ1v) is 12.6. The lowest BCUT2D eigenvalue weighted by atomic mass is 9.75. The van der Waals surface area contributed by atoms with E-state index in [-0.39, 0.29) is 10.8 Å². The van der Waals surface area contributed by atoms with Gasteiger partial charge in [-0.1, -0.05) is 73.6 Å². The zero-order valence-electron chi connectivity index (χ0n) is 20.5. The second-order valence-corrected chi connectivity index (χ2v) is 10.6. The molecule has 2 atom stereocenters. The Morgan fingerprint density at radius 2 is 1.80 bits per heavy atom. The van der Waals surface area contributed by atoms with Crippen LogP contribution in [0.3, 0.4) is 0 Å². The van der Waals surface area contributed by atoms with Crippen LogP contribution in [-0.4, -0.2) is 40.7 Å². The summed E-state index contributed by atoms with van der Waals surface area (Å²) in [6.45, 7) is 17.7. The molecule has 1 aromatic rings. The van der Waals surface area contributed by atoms with E-state index in [2.05, 4.69) is 46.4 Å². The molecule has 0 spiro atoms. The molecule has 0 aromatic carbocycles. The van der Waals surface area contributed by atoms with E-state index in [0.717, 1.165) is 57.8 Å². The maximum atomic E-state index is 5.80. The van der Waals surface area contributed by atoms with Crippen LogP contribution in [0.1, 0.15) is 116 Å². The van der Waals surface area contributed by atoms with Crippen LogP contribution in [0.25, 0.3) is 0 Å². The van der Waals surface area contributed by atoms with Crippen molar-refractivity contribution in [3.8, 4) is 0 Å². The smallest absolute Gasteiger partial charge is 0.134 e. The topological polar surface area (TPSA) is 38.2 Å². The molecule has 0 radical (unpaired) electrons. The van der Waals surface area contributed by atoms with Gasteiger partial charge in [-0.15, -0.1) is 0 Å².